The third-order valence-electron chi connectivity index (χ3n) is 2.68. The molecule has 0 unspecified atom stereocenters. The number of nitrogens with zero attached hydrogens (tertiary/aromatic N) is 1. The fourth-order valence-electron chi connectivity index (χ4n) is 1.56. The second-order valence-electron chi connectivity index (χ2n) is 3.90. The lowest BCUT2D eigenvalue weighted by molar-refractivity contribution is 0.0793. The van der Waals surface area contributed by atoms with Crippen LogP contribution in [0.25, 0.3) is 0 Å². The summed E-state index contributed by atoms with van der Waals surface area (Å²) in [7, 11) is 6.74. The molecule has 1 amide bonds. The number of hydrogen-bond donors (Lipinski definition) is 1. The molecule has 0 heterocycles. The Morgan fingerprint density at radius 3 is 2.53 bits per heavy atom. The van der Waals surface area contributed by atoms with E-state index in [1.54, 1.807) is 44.4 Å². The fraction of sp³-hybridized carbons (Fsp3) is 0.462. The number of carbonyl (C=O) groups excluding carboxylic acids is 1. The van der Waals surface area contributed by atoms with Gasteiger partial charge in [0.2, 0.25) is 0 Å². The molecule has 0 radical (unpaired) electrons. The standard InChI is InChI=1S/C13H20N2O3.ClH/c1-14-7-8-15(2)13(16)11-6-5-10(17-3)9-12(11)18-4;/h5-6,9,14H,7-8H2,1-4H3;1H. The summed E-state index contributed by atoms with van der Waals surface area (Å²) in [6, 6.07) is 5.18. The zero-order valence-electron chi connectivity index (χ0n) is 11.7. The highest BCUT2D eigenvalue weighted by atomic mass is 35.5. The van der Waals surface area contributed by atoms with Crippen molar-refractivity contribution < 1.29 is 14.3 Å². The molecule has 108 valence electrons. The molecule has 0 saturated heterocycles. The van der Waals surface area contributed by atoms with Gasteiger partial charge in [0.15, 0.2) is 0 Å². The number of ether oxygens (including phenoxy) is 2. The van der Waals surface area contributed by atoms with E-state index in [4.69, 9.17) is 9.47 Å². The zero-order chi connectivity index (χ0) is 13.5. The minimum atomic E-state index is -0.0650. The van der Waals surface area contributed by atoms with E-state index in [1.807, 2.05) is 7.05 Å². The molecule has 0 aromatic heterocycles. The van der Waals surface area contributed by atoms with Crippen molar-refractivity contribution in [2.24, 2.45) is 0 Å². The maximum atomic E-state index is 12.2. The predicted octanol–water partition coefficient (Wildman–Crippen LogP) is 1.42. The van der Waals surface area contributed by atoms with E-state index in [0.29, 0.717) is 23.6 Å². The fourth-order valence-corrected chi connectivity index (χ4v) is 1.56. The Hall–Kier alpha value is -1.46. The van der Waals surface area contributed by atoms with Crippen molar-refractivity contribution in [1.82, 2.24) is 10.2 Å². The van der Waals surface area contributed by atoms with Gasteiger partial charge in [-0.05, 0) is 19.2 Å². The van der Waals surface area contributed by atoms with Gasteiger partial charge in [0.05, 0.1) is 19.8 Å². The van der Waals surface area contributed by atoms with Crippen molar-refractivity contribution in [2.45, 2.75) is 0 Å². The monoisotopic (exact) mass is 288 g/mol. The van der Waals surface area contributed by atoms with E-state index in [1.165, 1.54) is 0 Å². The number of carbonyl (C=O) groups is 1. The van der Waals surface area contributed by atoms with Crippen molar-refractivity contribution in [3.63, 3.8) is 0 Å². The maximum Gasteiger partial charge on any atom is 0.257 e. The average molecular weight is 289 g/mol. The summed E-state index contributed by atoms with van der Waals surface area (Å²) in [4.78, 5) is 13.9. The first kappa shape index (κ1) is 17.5. The molecule has 1 N–H and O–H groups in total. The van der Waals surface area contributed by atoms with Gasteiger partial charge in [-0.3, -0.25) is 4.79 Å². The number of amides is 1. The zero-order valence-corrected chi connectivity index (χ0v) is 12.5. The number of halogens is 1. The normalized spacial score (nSPS) is 9.47. The van der Waals surface area contributed by atoms with Crippen LogP contribution in [0.4, 0.5) is 0 Å². The van der Waals surface area contributed by atoms with E-state index in [0.717, 1.165) is 6.54 Å². The van der Waals surface area contributed by atoms with Gasteiger partial charge in [-0.25, -0.2) is 0 Å². The molecule has 0 saturated carbocycles. The van der Waals surface area contributed by atoms with E-state index < -0.39 is 0 Å². The van der Waals surface area contributed by atoms with Crippen molar-refractivity contribution in [3.8, 4) is 11.5 Å². The largest absolute Gasteiger partial charge is 0.497 e. The van der Waals surface area contributed by atoms with Gasteiger partial charge < -0.3 is 19.7 Å². The van der Waals surface area contributed by atoms with Crippen LogP contribution in [0.5, 0.6) is 11.5 Å². The van der Waals surface area contributed by atoms with Gasteiger partial charge in [0.1, 0.15) is 11.5 Å². The van der Waals surface area contributed by atoms with Crippen LogP contribution in [0.15, 0.2) is 18.2 Å². The third-order valence-corrected chi connectivity index (χ3v) is 2.68. The smallest absolute Gasteiger partial charge is 0.257 e. The first-order valence-corrected chi connectivity index (χ1v) is 5.76. The highest BCUT2D eigenvalue weighted by Gasteiger charge is 2.16. The second kappa shape index (κ2) is 8.61. The molecule has 0 bridgehead atoms. The van der Waals surface area contributed by atoms with E-state index in [9.17, 15) is 4.79 Å². The molecule has 0 aliphatic rings. The van der Waals surface area contributed by atoms with Gasteiger partial charge in [-0.1, -0.05) is 0 Å². The van der Waals surface area contributed by atoms with Crippen LogP contribution in [0.2, 0.25) is 0 Å². The van der Waals surface area contributed by atoms with E-state index >= 15 is 0 Å². The number of likely N-dealkylation sites (N-methyl/N-ethyl adjacent to an activating group) is 2. The Kier molecular flexibility index (Phi) is 7.95. The summed E-state index contributed by atoms with van der Waals surface area (Å²) < 4.78 is 10.3. The first-order chi connectivity index (χ1) is 8.63. The molecule has 0 aliphatic heterocycles. The molecule has 1 rings (SSSR count). The van der Waals surface area contributed by atoms with E-state index in [-0.39, 0.29) is 18.3 Å². The predicted molar refractivity (Wildman–Crippen MR) is 77.7 cm³/mol. The van der Waals surface area contributed by atoms with Crippen LogP contribution < -0.4 is 14.8 Å². The van der Waals surface area contributed by atoms with Gasteiger partial charge in [0, 0.05) is 26.2 Å². The Balaban J connectivity index is 0.00000324. The first-order valence-electron chi connectivity index (χ1n) is 5.76. The summed E-state index contributed by atoms with van der Waals surface area (Å²) in [5.41, 5.74) is 0.539. The van der Waals surface area contributed by atoms with Crippen LogP contribution in [0.1, 0.15) is 10.4 Å². The van der Waals surface area contributed by atoms with Gasteiger partial charge in [-0.15, -0.1) is 12.4 Å². The highest BCUT2D eigenvalue weighted by Crippen LogP contribution is 2.25. The molecule has 0 fully saturated rings. The summed E-state index contributed by atoms with van der Waals surface area (Å²) >= 11 is 0. The van der Waals surface area contributed by atoms with Crippen molar-refractivity contribution in [1.29, 1.82) is 0 Å². The van der Waals surface area contributed by atoms with Crippen LogP contribution >= 0.6 is 12.4 Å². The lowest BCUT2D eigenvalue weighted by Gasteiger charge is -2.18. The summed E-state index contributed by atoms with van der Waals surface area (Å²) in [6.07, 6.45) is 0. The highest BCUT2D eigenvalue weighted by molar-refractivity contribution is 5.97. The lowest BCUT2D eigenvalue weighted by atomic mass is 10.1. The second-order valence-corrected chi connectivity index (χ2v) is 3.90. The van der Waals surface area contributed by atoms with Gasteiger partial charge in [0.25, 0.3) is 5.91 Å². The Morgan fingerprint density at radius 1 is 1.32 bits per heavy atom. The molecule has 19 heavy (non-hydrogen) atoms. The topological polar surface area (TPSA) is 50.8 Å². The maximum absolute atomic E-state index is 12.2. The summed E-state index contributed by atoms with van der Waals surface area (Å²) in [5, 5.41) is 3.01. The molecule has 0 spiro atoms. The van der Waals surface area contributed by atoms with Crippen molar-refractivity contribution >= 4 is 18.3 Å². The van der Waals surface area contributed by atoms with Crippen molar-refractivity contribution in [3.05, 3.63) is 23.8 Å². The Labute approximate surface area is 120 Å². The Bertz CT molecular complexity index is 413. The molecular formula is C13H21ClN2O3. The van der Waals surface area contributed by atoms with Gasteiger partial charge in [-0.2, -0.15) is 0 Å². The number of benzene rings is 1. The summed E-state index contributed by atoms with van der Waals surface area (Å²) in [5.74, 6) is 1.13. The minimum Gasteiger partial charge on any atom is -0.497 e. The molecule has 5 nitrogen and oxygen atoms in total. The van der Waals surface area contributed by atoms with Gasteiger partial charge >= 0.3 is 0 Å². The molecule has 0 atom stereocenters. The number of rotatable bonds is 6. The molecular weight excluding hydrogens is 268 g/mol. The quantitative estimate of drug-likeness (QED) is 0.860. The lowest BCUT2D eigenvalue weighted by Crippen LogP contribution is -2.33. The van der Waals surface area contributed by atoms with Crippen LogP contribution in [-0.2, 0) is 0 Å². The van der Waals surface area contributed by atoms with Crippen molar-refractivity contribution in [2.75, 3.05) is 41.4 Å². The number of methoxy groups -OCH3 is 2. The van der Waals surface area contributed by atoms with E-state index in [2.05, 4.69) is 5.32 Å². The average Bonchev–Trinajstić information content (AvgIpc) is 2.43. The molecule has 0 aliphatic carbocycles. The summed E-state index contributed by atoms with van der Waals surface area (Å²) in [6.45, 7) is 1.39. The minimum absolute atomic E-state index is 0. The van der Waals surface area contributed by atoms with Crippen LogP contribution in [0.3, 0.4) is 0 Å². The van der Waals surface area contributed by atoms with Crippen LogP contribution in [0, 0.1) is 0 Å². The van der Waals surface area contributed by atoms with Crippen LogP contribution in [-0.4, -0.2) is 52.2 Å². The molecule has 6 heteroatoms. The number of nitrogens with one attached hydrogen (secondary N) is 1. The molecule has 1 aromatic carbocycles. The SMILES string of the molecule is CNCCN(C)C(=O)c1ccc(OC)cc1OC.Cl. The third kappa shape index (κ3) is 4.61. The number of hydrogen-bond acceptors (Lipinski definition) is 4. The Morgan fingerprint density at radius 2 is 2.00 bits per heavy atom. The molecule has 1 aromatic rings.